The van der Waals surface area contributed by atoms with Gasteiger partial charge >= 0.3 is 5.63 Å². The summed E-state index contributed by atoms with van der Waals surface area (Å²) in [7, 11) is 1.62. The molecule has 8 heteroatoms. The number of aryl methyl sites for hydroxylation is 2. The van der Waals surface area contributed by atoms with Crippen LogP contribution in [-0.4, -0.2) is 15.5 Å². The number of benzene rings is 1. The highest BCUT2D eigenvalue weighted by Crippen LogP contribution is 2.28. The number of thiophene rings is 1. The predicted molar refractivity (Wildman–Crippen MR) is 100 cm³/mol. The first kappa shape index (κ1) is 16.2. The fourth-order valence-electron chi connectivity index (χ4n) is 2.76. The van der Waals surface area contributed by atoms with Gasteiger partial charge in [0.25, 0.3) is 11.5 Å². The van der Waals surface area contributed by atoms with E-state index >= 15 is 0 Å². The van der Waals surface area contributed by atoms with Gasteiger partial charge in [-0.15, -0.1) is 11.3 Å². The lowest BCUT2D eigenvalue weighted by Crippen LogP contribution is -2.17. The molecule has 130 valence electrons. The molecule has 0 unspecified atom stereocenters. The Hall–Kier alpha value is -3.26. The van der Waals surface area contributed by atoms with E-state index < -0.39 is 5.63 Å². The molecule has 0 saturated carbocycles. The molecule has 7 nitrogen and oxygen atoms in total. The maximum Gasteiger partial charge on any atom is 0.336 e. The Morgan fingerprint density at radius 3 is 2.85 bits per heavy atom. The molecule has 26 heavy (non-hydrogen) atoms. The Kier molecular flexibility index (Phi) is 3.69. The fourth-order valence-corrected chi connectivity index (χ4v) is 3.80. The molecule has 0 spiro atoms. The second-order valence-corrected chi connectivity index (χ2v) is 6.86. The van der Waals surface area contributed by atoms with Gasteiger partial charge in [0, 0.05) is 24.2 Å². The van der Waals surface area contributed by atoms with Crippen LogP contribution in [0.4, 0.5) is 5.69 Å². The Bertz CT molecular complexity index is 1300. The third-order valence-corrected chi connectivity index (χ3v) is 5.29. The van der Waals surface area contributed by atoms with Crippen molar-refractivity contribution < 1.29 is 9.21 Å². The van der Waals surface area contributed by atoms with Gasteiger partial charge in [-0.05, 0) is 36.8 Å². The van der Waals surface area contributed by atoms with Crippen molar-refractivity contribution in [3.8, 4) is 0 Å². The minimum Gasteiger partial charge on any atom is -0.423 e. The van der Waals surface area contributed by atoms with Crippen LogP contribution in [0.25, 0.3) is 21.2 Å². The van der Waals surface area contributed by atoms with E-state index in [0.29, 0.717) is 37.3 Å². The number of hydrogen-bond acceptors (Lipinski definition) is 6. The molecule has 0 aliphatic rings. The molecule has 1 amide bonds. The van der Waals surface area contributed by atoms with Crippen LogP contribution in [0, 0.1) is 6.92 Å². The van der Waals surface area contributed by atoms with Crippen LogP contribution in [0.3, 0.4) is 0 Å². The van der Waals surface area contributed by atoms with Gasteiger partial charge in [0.05, 0.1) is 16.6 Å². The number of carbonyl (C=O) groups excluding carboxylic acids is 1. The summed E-state index contributed by atoms with van der Waals surface area (Å²) in [5, 5.41) is 3.98. The molecule has 3 heterocycles. The second kappa shape index (κ2) is 5.92. The zero-order valence-electron chi connectivity index (χ0n) is 13.9. The van der Waals surface area contributed by atoms with Gasteiger partial charge in [-0.1, -0.05) is 0 Å². The number of rotatable bonds is 2. The first-order valence-electron chi connectivity index (χ1n) is 7.74. The highest BCUT2D eigenvalue weighted by molar-refractivity contribution is 7.20. The number of nitrogens with one attached hydrogen (secondary N) is 1. The summed E-state index contributed by atoms with van der Waals surface area (Å²) in [4.78, 5) is 41.4. The Labute approximate surface area is 150 Å². The van der Waals surface area contributed by atoms with Gasteiger partial charge in [-0.25, -0.2) is 9.78 Å². The highest BCUT2D eigenvalue weighted by atomic mass is 32.1. The average molecular weight is 367 g/mol. The van der Waals surface area contributed by atoms with Crippen molar-refractivity contribution in [3.05, 3.63) is 67.9 Å². The van der Waals surface area contributed by atoms with E-state index in [4.69, 9.17) is 4.42 Å². The van der Waals surface area contributed by atoms with Gasteiger partial charge in [-0.2, -0.15) is 0 Å². The van der Waals surface area contributed by atoms with E-state index in [1.165, 1.54) is 28.3 Å². The Morgan fingerprint density at radius 2 is 2.04 bits per heavy atom. The summed E-state index contributed by atoms with van der Waals surface area (Å²) in [6.07, 6.45) is 1.44. The predicted octanol–water partition coefficient (Wildman–Crippen LogP) is 2.66. The van der Waals surface area contributed by atoms with Crippen molar-refractivity contribution in [2.75, 3.05) is 5.32 Å². The quantitative estimate of drug-likeness (QED) is 0.550. The number of fused-ring (bicyclic) bond motifs is 2. The first-order valence-corrected chi connectivity index (χ1v) is 8.55. The van der Waals surface area contributed by atoms with Crippen molar-refractivity contribution >= 4 is 44.1 Å². The molecule has 3 aromatic heterocycles. The average Bonchev–Trinajstić information content (AvgIpc) is 2.96. The maximum atomic E-state index is 12.7. The van der Waals surface area contributed by atoms with Crippen LogP contribution in [0.2, 0.25) is 0 Å². The summed E-state index contributed by atoms with van der Waals surface area (Å²) in [6, 6.07) is 7.96. The number of carbonyl (C=O) groups is 1. The second-order valence-electron chi connectivity index (χ2n) is 5.86. The SMILES string of the molecule is Cc1c(C(=O)Nc2ccc3oc(=O)ccc3c2)sc2ncn(C)c(=O)c12. The lowest BCUT2D eigenvalue weighted by atomic mass is 10.2. The van der Waals surface area contributed by atoms with E-state index in [9.17, 15) is 14.4 Å². The van der Waals surface area contributed by atoms with E-state index in [2.05, 4.69) is 10.3 Å². The first-order chi connectivity index (χ1) is 12.4. The molecular weight excluding hydrogens is 354 g/mol. The number of amides is 1. The third-order valence-electron chi connectivity index (χ3n) is 4.09. The van der Waals surface area contributed by atoms with Crippen LogP contribution < -0.4 is 16.5 Å². The van der Waals surface area contributed by atoms with Gasteiger partial charge in [0.1, 0.15) is 10.4 Å². The third kappa shape index (κ3) is 2.60. The van der Waals surface area contributed by atoms with Crippen LogP contribution in [0.1, 0.15) is 15.2 Å². The highest BCUT2D eigenvalue weighted by Gasteiger charge is 2.19. The summed E-state index contributed by atoms with van der Waals surface area (Å²) < 4.78 is 6.47. The van der Waals surface area contributed by atoms with Crippen molar-refractivity contribution in [2.45, 2.75) is 6.92 Å². The molecule has 4 rings (SSSR count). The minimum atomic E-state index is -0.427. The molecule has 0 aliphatic carbocycles. The van der Waals surface area contributed by atoms with Crippen LogP contribution >= 0.6 is 11.3 Å². The molecule has 0 atom stereocenters. The van der Waals surface area contributed by atoms with Gasteiger partial charge < -0.3 is 14.3 Å². The Morgan fingerprint density at radius 1 is 1.23 bits per heavy atom. The zero-order valence-corrected chi connectivity index (χ0v) is 14.7. The molecule has 4 aromatic rings. The smallest absolute Gasteiger partial charge is 0.336 e. The van der Waals surface area contributed by atoms with E-state index in [1.807, 2.05) is 0 Å². The summed E-state index contributed by atoms with van der Waals surface area (Å²) >= 11 is 1.18. The topological polar surface area (TPSA) is 94.2 Å². The molecular formula is C18H13N3O4S. The number of anilines is 1. The van der Waals surface area contributed by atoms with E-state index in [1.54, 1.807) is 38.2 Å². The van der Waals surface area contributed by atoms with E-state index in [0.717, 1.165) is 0 Å². The lowest BCUT2D eigenvalue weighted by molar-refractivity contribution is 0.103. The number of aromatic nitrogens is 2. The van der Waals surface area contributed by atoms with Gasteiger partial charge in [0.15, 0.2) is 0 Å². The summed E-state index contributed by atoms with van der Waals surface area (Å²) in [5.41, 5.74) is 1.02. The standard InChI is InChI=1S/C18H13N3O4S/c1-9-14-17(19-8-21(2)18(14)24)26-15(9)16(23)20-11-4-5-12-10(7-11)3-6-13(22)25-12/h3-8H,1-2H3,(H,20,23). The largest absolute Gasteiger partial charge is 0.423 e. The molecule has 0 saturated heterocycles. The zero-order chi connectivity index (χ0) is 18.4. The molecule has 0 aliphatic heterocycles. The van der Waals surface area contributed by atoms with Gasteiger partial charge in [-0.3, -0.25) is 9.59 Å². The minimum absolute atomic E-state index is 0.177. The number of hydrogen-bond donors (Lipinski definition) is 1. The molecule has 0 radical (unpaired) electrons. The molecule has 0 fully saturated rings. The van der Waals surface area contributed by atoms with Crippen LogP contribution in [0.15, 0.2) is 50.7 Å². The lowest BCUT2D eigenvalue weighted by Gasteiger charge is -2.05. The Balaban J connectivity index is 1.72. The van der Waals surface area contributed by atoms with Crippen molar-refractivity contribution in [2.24, 2.45) is 7.05 Å². The van der Waals surface area contributed by atoms with Crippen molar-refractivity contribution in [3.63, 3.8) is 0 Å². The monoisotopic (exact) mass is 367 g/mol. The van der Waals surface area contributed by atoms with Crippen molar-refractivity contribution in [1.82, 2.24) is 9.55 Å². The van der Waals surface area contributed by atoms with Crippen LogP contribution in [-0.2, 0) is 7.05 Å². The summed E-state index contributed by atoms with van der Waals surface area (Å²) in [5.74, 6) is -0.315. The maximum absolute atomic E-state index is 12.7. The van der Waals surface area contributed by atoms with Crippen LogP contribution in [0.5, 0.6) is 0 Å². The van der Waals surface area contributed by atoms with Gasteiger partial charge in [0.2, 0.25) is 0 Å². The molecule has 1 aromatic carbocycles. The fraction of sp³-hybridized carbons (Fsp3) is 0.111. The number of nitrogens with zero attached hydrogens (tertiary/aromatic N) is 2. The van der Waals surface area contributed by atoms with E-state index in [-0.39, 0.29) is 11.5 Å². The normalized spacial score (nSPS) is 11.2. The summed E-state index contributed by atoms with van der Waals surface area (Å²) in [6.45, 7) is 1.74. The molecule has 0 bridgehead atoms. The molecule has 1 N–H and O–H groups in total. The van der Waals surface area contributed by atoms with Crippen molar-refractivity contribution in [1.29, 1.82) is 0 Å².